The van der Waals surface area contributed by atoms with Gasteiger partial charge in [0.05, 0.1) is 11.5 Å². The number of hydrogen-bond acceptors (Lipinski definition) is 4. The van der Waals surface area contributed by atoms with E-state index >= 15 is 0 Å². The highest BCUT2D eigenvalue weighted by Crippen LogP contribution is 2.33. The standard InChI is InChI=1S/C18H16F5NO4S/c19-13-5-1-11(2-6-13)9-29(27,28)10-15(17(25)26)24-16(18(21,22)23)12-3-7-14(20)8-4-12/h1-8,15-16,24H,9-10H2,(H,25,26)/t15-,16-/m0/s1. The predicted molar refractivity (Wildman–Crippen MR) is 93.6 cm³/mol. The highest BCUT2D eigenvalue weighted by Gasteiger charge is 2.43. The van der Waals surface area contributed by atoms with Gasteiger partial charge in [-0.2, -0.15) is 13.2 Å². The van der Waals surface area contributed by atoms with Gasteiger partial charge in [-0.1, -0.05) is 24.3 Å². The molecule has 2 N–H and O–H groups in total. The van der Waals surface area contributed by atoms with Gasteiger partial charge in [0.25, 0.3) is 0 Å². The summed E-state index contributed by atoms with van der Waals surface area (Å²) in [6, 6.07) is 2.95. The van der Waals surface area contributed by atoms with Crippen molar-refractivity contribution in [2.24, 2.45) is 0 Å². The molecule has 0 saturated carbocycles. The third-order valence-corrected chi connectivity index (χ3v) is 5.53. The van der Waals surface area contributed by atoms with Crippen molar-refractivity contribution in [3.63, 3.8) is 0 Å². The normalized spacial score (nSPS) is 14.4. The molecule has 0 aliphatic heterocycles. The third kappa shape index (κ3) is 6.79. The molecule has 0 unspecified atom stereocenters. The summed E-state index contributed by atoms with van der Waals surface area (Å²) < 4.78 is 90.7. The number of nitrogens with one attached hydrogen (secondary N) is 1. The Hall–Kier alpha value is -2.53. The number of carbonyl (C=O) groups is 1. The maximum absolute atomic E-state index is 13.4. The van der Waals surface area contributed by atoms with Crippen molar-refractivity contribution in [2.75, 3.05) is 5.75 Å². The molecule has 0 aliphatic rings. The largest absolute Gasteiger partial charge is 0.480 e. The topological polar surface area (TPSA) is 83.5 Å². The van der Waals surface area contributed by atoms with Gasteiger partial charge in [-0.25, -0.2) is 17.2 Å². The lowest BCUT2D eigenvalue weighted by molar-refractivity contribution is -0.162. The van der Waals surface area contributed by atoms with Crippen LogP contribution in [0.25, 0.3) is 0 Å². The molecule has 0 aliphatic carbocycles. The molecule has 2 rings (SSSR count). The first kappa shape index (κ1) is 22.8. The van der Waals surface area contributed by atoms with Crippen LogP contribution in [0, 0.1) is 11.6 Å². The Morgan fingerprint density at radius 3 is 1.90 bits per heavy atom. The molecule has 0 aromatic heterocycles. The lowest BCUT2D eigenvalue weighted by atomic mass is 10.1. The van der Waals surface area contributed by atoms with Crippen LogP contribution >= 0.6 is 0 Å². The molecular formula is C18H16F5NO4S. The van der Waals surface area contributed by atoms with E-state index in [4.69, 9.17) is 0 Å². The lowest BCUT2D eigenvalue weighted by Gasteiger charge is -2.26. The zero-order valence-corrected chi connectivity index (χ0v) is 15.5. The highest BCUT2D eigenvalue weighted by atomic mass is 32.2. The summed E-state index contributed by atoms with van der Waals surface area (Å²) in [5.41, 5.74) is -0.317. The number of carboxylic acid groups (broad SMARTS) is 1. The Morgan fingerprint density at radius 2 is 1.45 bits per heavy atom. The van der Waals surface area contributed by atoms with Gasteiger partial charge in [0, 0.05) is 0 Å². The minimum atomic E-state index is -4.97. The molecule has 2 aromatic rings. The molecule has 2 atom stereocenters. The van der Waals surface area contributed by atoms with Crippen LogP contribution in [0.2, 0.25) is 0 Å². The molecule has 0 radical (unpaired) electrons. The average molecular weight is 437 g/mol. The lowest BCUT2D eigenvalue weighted by Crippen LogP contribution is -2.48. The molecule has 0 heterocycles. The van der Waals surface area contributed by atoms with Crippen LogP contribution in [0.5, 0.6) is 0 Å². The van der Waals surface area contributed by atoms with Crippen molar-refractivity contribution in [1.82, 2.24) is 5.32 Å². The van der Waals surface area contributed by atoms with Crippen LogP contribution in [0.3, 0.4) is 0 Å². The van der Waals surface area contributed by atoms with Crippen LogP contribution in [0.4, 0.5) is 22.0 Å². The maximum Gasteiger partial charge on any atom is 0.407 e. The number of hydrogen-bond donors (Lipinski definition) is 2. The first-order chi connectivity index (χ1) is 13.4. The smallest absolute Gasteiger partial charge is 0.407 e. The number of rotatable bonds is 8. The van der Waals surface area contributed by atoms with E-state index in [1.807, 2.05) is 0 Å². The van der Waals surface area contributed by atoms with Gasteiger partial charge in [-0.3, -0.25) is 10.1 Å². The van der Waals surface area contributed by atoms with Gasteiger partial charge in [-0.05, 0) is 35.4 Å². The van der Waals surface area contributed by atoms with E-state index in [1.54, 1.807) is 5.32 Å². The Bertz CT molecular complexity index is 944. The Kier molecular flexibility index (Phi) is 6.96. The van der Waals surface area contributed by atoms with E-state index < -0.39 is 62.8 Å². The number of carboxylic acids is 1. The zero-order valence-electron chi connectivity index (χ0n) is 14.7. The van der Waals surface area contributed by atoms with Crippen LogP contribution in [-0.4, -0.2) is 37.5 Å². The summed E-state index contributed by atoms with van der Waals surface area (Å²) >= 11 is 0. The van der Waals surface area contributed by atoms with Crippen molar-refractivity contribution in [2.45, 2.75) is 24.0 Å². The van der Waals surface area contributed by atoms with Gasteiger partial charge in [0.2, 0.25) is 0 Å². The van der Waals surface area contributed by atoms with E-state index in [9.17, 15) is 40.3 Å². The second-order valence-electron chi connectivity index (χ2n) is 6.26. The van der Waals surface area contributed by atoms with Gasteiger partial charge >= 0.3 is 12.1 Å². The summed E-state index contributed by atoms with van der Waals surface area (Å²) in [5, 5.41) is 11.0. The molecule has 0 bridgehead atoms. The van der Waals surface area contributed by atoms with Crippen molar-refractivity contribution in [1.29, 1.82) is 0 Å². The van der Waals surface area contributed by atoms with Crippen molar-refractivity contribution in [3.05, 3.63) is 71.3 Å². The fourth-order valence-electron chi connectivity index (χ4n) is 2.57. The summed E-state index contributed by atoms with van der Waals surface area (Å²) in [5.74, 6) is -5.00. The molecule has 0 saturated heterocycles. The molecule has 29 heavy (non-hydrogen) atoms. The first-order valence-corrected chi connectivity index (χ1v) is 9.95. The van der Waals surface area contributed by atoms with E-state index in [2.05, 4.69) is 0 Å². The summed E-state index contributed by atoms with van der Waals surface area (Å²) in [7, 11) is -4.16. The van der Waals surface area contributed by atoms with Crippen LogP contribution in [-0.2, 0) is 20.4 Å². The highest BCUT2D eigenvalue weighted by molar-refractivity contribution is 7.90. The van der Waals surface area contributed by atoms with E-state index in [1.165, 1.54) is 12.1 Å². The van der Waals surface area contributed by atoms with Crippen molar-refractivity contribution >= 4 is 15.8 Å². The summed E-state index contributed by atoms with van der Waals surface area (Å²) in [4.78, 5) is 11.4. The molecule has 2 aromatic carbocycles. The fraction of sp³-hybridized carbons (Fsp3) is 0.278. The third-order valence-electron chi connectivity index (χ3n) is 3.92. The molecule has 0 spiro atoms. The molecule has 0 amide bonds. The minimum absolute atomic E-state index is 0.154. The first-order valence-electron chi connectivity index (χ1n) is 8.13. The molecule has 5 nitrogen and oxygen atoms in total. The van der Waals surface area contributed by atoms with Crippen molar-refractivity contribution in [3.8, 4) is 0 Å². The number of benzene rings is 2. The van der Waals surface area contributed by atoms with Crippen molar-refractivity contribution < 1.29 is 40.3 Å². The number of sulfone groups is 1. The Morgan fingerprint density at radius 1 is 0.966 bits per heavy atom. The fourth-order valence-corrected chi connectivity index (χ4v) is 4.14. The van der Waals surface area contributed by atoms with E-state index in [0.29, 0.717) is 0 Å². The Balaban J connectivity index is 2.23. The Labute approximate surface area is 163 Å². The van der Waals surface area contributed by atoms with Gasteiger partial charge in [0.1, 0.15) is 23.7 Å². The zero-order chi connectivity index (χ0) is 21.8. The average Bonchev–Trinajstić information content (AvgIpc) is 2.60. The summed E-state index contributed by atoms with van der Waals surface area (Å²) in [6.45, 7) is 0. The quantitative estimate of drug-likeness (QED) is 0.620. The molecule has 11 heteroatoms. The predicted octanol–water partition coefficient (Wildman–Crippen LogP) is 3.23. The van der Waals surface area contributed by atoms with Crippen LogP contribution < -0.4 is 5.32 Å². The maximum atomic E-state index is 13.4. The molecule has 158 valence electrons. The summed E-state index contributed by atoms with van der Waals surface area (Å²) in [6.07, 6.45) is -4.97. The molecule has 0 fully saturated rings. The van der Waals surface area contributed by atoms with Crippen LogP contribution in [0.1, 0.15) is 17.2 Å². The van der Waals surface area contributed by atoms with Crippen LogP contribution in [0.15, 0.2) is 48.5 Å². The SMILES string of the molecule is O=C(O)[C@H](CS(=O)(=O)Cc1ccc(F)cc1)N[C@@H](c1ccc(F)cc1)C(F)(F)F. The van der Waals surface area contributed by atoms with Gasteiger partial charge in [0.15, 0.2) is 9.84 Å². The monoisotopic (exact) mass is 437 g/mol. The number of halogens is 5. The number of aliphatic carboxylic acids is 1. The van der Waals surface area contributed by atoms with Gasteiger partial charge in [-0.15, -0.1) is 0 Å². The van der Waals surface area contributed by atoms with E-state index in [0.717, 1.165) is 36.4 Å². The van der Waals surface area contributed by atoms with Gasteiger partial charge < -0.3 is 5.11 Å². The molecular weight excluding hydrogens is 421 g/mol. The number of alkyl halides is 3. The second-order valence-corrected chi connectivity index (χ2v) is 8.37. The minimum Gasteiger partial charge on any atom is -0.480 e. The second kappa shape index (κ2) is 8.87. The van der Waals surface area contributed by atoms with E-state index in [-0.39, 0.29) is 5.56 Å².